The fourth-order valence-electron chi connectivity index (χ4n) is 10.3. The first-order chi connectivity index (χ1) is 35.6. The minimum Gasteiger partial charge on any atom is -0.0610 e. The van der Waals surface area contributed by atoms with Crippen LogP contribution >= 0.6 is 0 Å². The molecule has 12 aromatic carbocycles. The second kappa shape index (κ2) is 18.5. The Bertz CT molecular complexity index is 3550. The lowest BCUT2D eigenvalue weighted by Crippen LogP contribution is -1.85. The summed E-state index contributed by atoms with van der Waals surface area (Å²) in [4.78, 5) is 0. The number of rotatable bonds is 0. The highest BCUT2D eigenvalue weighted by molar-refractivity contribution is 5.81. The van der Waals surface area contributed by atoms with E-state index in [1.807, 2.05) is 0 Å². The molecule has 0 nitrogen and oxygen atoms in total. The maximum Gasteiger partial charge on any atom is -0.0178 e. The molecule has 29 rings (SSSR count). The van der Waals surface area contributed by atoms with E-state index in [0.717, 1.165) is 0 Å². The molecule has 0 N–H and O–H groups in total. The zero-order chi connectivity index (χ0) is 47.8. The largest absolute Gasteiger partial charge is 0.0610 e. The number of hydrogen-bond acceptors (Lipinski definition) is 0. The fourth-order valence-corrected chi connectivity index (χ4v) is 10.3. The summed E-state index contributed by atoms with van der Waals surface area (Å²) in [6.07, 6.45) is 0. The van der Waals surface area contributed by atoms with E-state index in [-0.39, 0.29) is 0 Å². The molecule has 0 spiro atoms. The van der Waals surface area contributed by atoms with Gasteiger partial charge in [-0.3, -0.25) is 0 Å². The molecule has 17 aliphatic rings. The molecule has 0 fully saturated rings. The third-order valence-corrected chi connectivity index (χ3v) is 14.6. The smallest absolute Gasteiger partial charge is 0.0178 e. The first kappa shape index (κ1) is 42.7. The van der Waals surface area contributed by atoms with Gasteiger partial charge in [0.15, 0.2) is 0 Å². The molecule has 0 unspecified atom stereocenters. The number of fused-ring (bicyclic) bond motifs is 1. The normalized spacial score (nSPS) is 11.3. The molecule has 0 saturated heterocycles. The summed E-state index contributed by atoms with van der Waals surface area (Å²) in [5.41, 5.74) is 28.9. The van der Waals surface area contributed by atoms with Crippen LogP contribution in [-0.4, -0.2) is 0 Å². The van der Waals surface area contributed by atoms with Gasteiger partial charge in [0.1, 0.15) is 0 Å². The summed E-state index contributed by atoms with van der Waals surface area (Å²) < 4.78 is 0. The standard InChI is InChI=1S/C72H48/c1-2-71-48-72(3-1)70-46-42-68(43-47-70)66-38-34-64(35-39-66)62-30-26-60(27-31-62)58-22-18-56(19-23-58)54-14-10-52(11-15-54)50-6-4-49(5-7-50)51-8-12-53(13-9-51)55-16-20-57(21-17-55)59-24-28-61(29-25-59)63-32-36-65(37-33-63)67-40-44-69(71)45-41-67/h1-48H. The molecular formula is C72H48. The molecule has 0 heterocycles. The molecule has 0 aromatic heterocycles. The molecule has 0 atom stereocenters. The third kappa shape index (κ3) is 8.57. The lowest BCUT2D eigenvalue weighted by molar-refractivity contribution is 1.55. The monoisotopic (exact) mass is 912 g/mol. The van der Waals surface area contributed by atoms with Crippen molar-refractivity contribution in [3.8, 4) is 134 Å². The van der Waals surface area contributed by atoms with Crippen molar-refractivity contribution in [3.63, 3.8) is 0 Å². The van der Waals surface area contributed by atoms with E-state index in [2.05, 4.69) is 291 Å². The molecule has 24 bridgehead atoms. The summed E-state index contributed by atoms with van der Waals surface area (Å²) in [7, 11) is 0. The van der Waals surface area contributed by atoms with Crippen LogP contribution in [0.1, 0.15) is 0 Å². The summed E-state index contributed by atoms with van der Waals surface area (Å²) in [6.45, 7) is 0. The van der Waals surface area contributed by atoms with Crippen molar-refractivity contribution in [3.05, 3.63) is 291 Å². The predicted molar refractivity (Wildman–Crippen MR) is 305 cm³/mol. The van der Waals surface area contributed by atoms with Gasteiger partial charge in [0.2, 0.25) is 0 Å². The fraction of sp³-hybridized carbons (Fsp3) is 0. The lowest BCUT2D eigenvalue weighted by Gasteiger charge is -2.10. The van der Waals surface area contributed by atoms with Crippen LogP contribution in [0, 0.1) is 0 Å². The van der Waals surface area contributed by atoms with Gasteiger partial charge >= 0.3 is 0 Å². The van der Waals surface area contributed by atoms with E-state index in [0.29, 0.717) is 0 Å². The molecule has 0 aliphatic heterocycles. The van der Waals surface area contributed by atoms with Crippen molar-refractivity contribution in [1.29, 1.82) is 0 Å². The number of hydrogen-bond donors (Lipinski definition) is 0. The molecule has 12 aromatic rings. The van der Waals surface area contributed by atoms with Crippen LogP contribution < -0.4 is 0 Å². The first-order valence-corrected chi connectivity index (χ1v) is 24.9. The van der Waals surface area contributed by atoms with Crippen LogP contribution in [0.3, 0.4) is 0 Å². The Morgan fingerprint density at radius 1 is 0.0833 bits per heavy atom. The highest BCUT2D eigenvalue weighted by Crippen LogP contribution is 2.35. The van der Waals surface area contributed by atoms with E-state index >= 15 is 0 Å². The number of benzene rings is 12. The topological polar surface area (TPSA) is 0 Å². The van der Waals surface area contributed by atoms with Gasteiger partial charge < -0.3 is 0 Å². The van der Waals surface area contributed by atoms with Crippen molar-refractivity contribution in [2.45, 2.75) is 0 Å². The highest BCUT2D eigenvalue weighted by Gasteiger charge is 2.10. The van der Waals surface area contributed by atoms with Gasteiger partial charge in [-0.05, 0) is 140 Å². The lowest BCUT2D eigenvalue weighted by atomic mass is 9.95. The second-order valence-corrected chi connectivity index (χ2v) is 18.9. The Hall–Kier alpha value is -9.36. The quantitative estimate of drug-likeness (QED) is 0.142. The van der Waals surface area contributed by atoms with Crippen molar-refractivity contribution >= 4 is 0 Å². The Balaban J connectivity index is 0.787. The highest BCUT2D eigenvalue weighted by atomic mass is 14.1. The average Bonchev–Trinajstić information content (AvgIpc) is 3.47. The minimum absolute atomic E-state index is 1.20. The zero-order valence-electron chi connectivity index (χ0n) is 39.7. The van der Waals surface area contributed by atoms with Gasteiger partial charge in [0.25, 0.3) is 0 Å². The summed E-state index contributed by atoms with van der Waals surface area (Å²) in [6, 6.07) is 107. The van der Waals surface area contributed by atoms with Crippen molar-refractivity contribution < 1.29 is 0 Å². The average molecular weight is 913 g/mol. The van der Waals surface area contributed by atoms with Crippen molar-refractivity contribution in [2.75, 3.05) is 0 Å². The molecule has 17 aliphatic carbocycles. The summed E-state index contributed by atoms with van der Waals surface area (Å²) >= 11 is 0. The third-order valence-electron chi connectivity index (χ3n) is 14.6. The molecule has 336 valence electrons. The Morgan fingerprint density at radius 3 is 0.264 bits per heavy atom. The summed E-state index contributed by atoms with van der Waals surface area (Å²) in [5.74, 6) is 0. The van der Waals surface area contributed by atoms with Crippen LogP contribution in [-0.2, 0) is 0 Å². The van der Waals surface area contributed by atoms with Crippen molar-refractivity contribution in [1.82, 2.24) is 0 Å². The molecule has 0 saturated carbocycles. The second-order valence-electron chi connectivity index (χ2n) is 18.9. The van der Waals surface area contributed by atoms with Crippen molar-refractivity contribution in [2.24, 2.45) is 0 Å². The van der Waals surface area contributed by atoms with Crippen LogP contribution in [0.25, 0.3) is 134 Å². The van der Waals surface area contributed by atoms with E-state index in [9.17, 15) is 0 Å². The van der Waals surface area contributed by atoms with E-state index in [4.69, 9.17) is 0 Å². The van der Waals surface area contributed by atoms with Gasteiger partial charge in [0, 0.05) is 0 Å². The van der Waals surface area contributed by atoms with Crippen LogP contribution in [0.2, 0.25) is 0 Å². The molecule has 0 heteroatoms. The maximum absolute atomic E-state index is 2.30. The van der Waals surface area contributed by atoms with Crippen LogP contribution in [0.4, 0.5) is 0 Å². The Kier molecular flexibility index (Phi) is 11.0. The molecule has 72 heavy (non-hydrogen) atoms. The van der Waals surface area contributed by atoms with E-state index in [1.165, 1.54) is 134 Å². The zero-order valence-corrected chi connectivity index (χ0v) is 39.7. The predicted octanol–water partition coefficient (Wildman–Crippen LogP) is 20.0. The van der Waals surface area contributed by atoms with Crippen LogP contribution in [0.15, 0.2) is 291 Å². The van der Waals surface area contributed by atoms with E-state index < -0.39 is 0 Å². The molecule has 0 radical (unpaired) electrons. The van der Waals surface area contributed by atoms with Crippen LogP contribution in [0.5, 0.6) is 0 Å². The summed E-state index contributed by atoms with van der Waals surface area (Å²) in [5, 5.41) is 0. The minimum atomic E-state index is 1.20. The maximum atomic E-state index is 2.30. The Labute approximate surface area is 422 Å². The van der Waals surface area contributed by atoms with E-state index in [1.54, 1.807) is 0 Å². The van der Waals surface area contributed by atoms with Gasteiger partial charge in [-0.2, -0.15) is 0 Å². The SMILES string of the molecule is c1cc2cc(c1)-c1ccc(cc1)-c1ccc(cc1)-c1ccc(cc1)-c1ccc(cc1)-c1ccc(cc1)-c1ccc(cc1)-c1ccc(cc1)-c1ccc(cc1)-c1ccc(cc1)-c1ccc(cc1)-c1ccc-2cc1. The van der Waals surface area contributed by atoms with Gasteiger partial charge in [-0.25, -0.2) is 0 Å². The van der Waals surface area contributed by atoms with Gasteiger partial charge in [-0.15, -0.1) is 0 Å². The molecule has 0 amide bonds. The van der Waals surface area contributed by atoms with Gasteiger partial charge in [0.05, 0.1) is 0 Å². The van der Waals surface area contributed by atoms with Gasteiger partial charge in [-0.1, -0.05) is 285 Å². The first-order valence-electron chi connectivity index (χ1n) is 24.9. The Morgan fingerprint density at radius 2 is 0.167 bits per heavy atom. The molecular weight excluding hydrogens is 865 g/mol.